The lowest BCUT2D eigenvalue weighted by Gasteiger charge is -2.55. The quantitative estimate of drug-likeness (QED) is 0.383. The first kappa shape index (κ1) is 23.0. The number of hydrogen-bond acceptors (Lipinski definition) is 6. The molecule has 5 rings (SSSR count). The Balaban J connectivity index is 1.52. The molecule has 0 spiro atoms. The van der Waals surface area contributed by atoms with E-state index in [1.807, 2.05) is 20.8 Å². The van der Waals surface area contributed by atoms with Crippen molar-refractivity contribution in [3.63, 3.8) is 0 Å². The van der Waals surface area contributed by atoms with Crippen molar-refractivity contribution in [2.45, 2.75) is 78.4 Å². The maximum absolute atomic E-state index is 13.4. The lowest BCUT2D eigenvalue weighted by Crippen LogP contribution is -2.51. The van der Waals surface area contributed by atoms with Gasteiger partial charge >= 0.3 is 11.9 Å². The average molecular weight is 442 g/mol. The molecule has 4 saturated carbocycles. The highest BCUT2D eigenvalue weighted by Gasteiger charge is 2.55. The van der Waals surface area contributed by atoms with E-state index in [4.69, 9.17) is 9.47 Å². The van der Waals surface area contributed by atoms with Gasteiger partial charge in [-0.1, -0.05) is 0 Å². The van der Waals surface area contributed by atoms with Crippen molar-refractivity contribution in [2.75, 3.05) is 6.54 Å². The van der Waals surface area contributed by atoms with E-state index in [9.17, 15) is 14.4 Å². The zero-order valence-corrected chi connectivity index (χ0v) is 19.7. The summed E-state index contributed by atoms with van der Waals surface area (Å²) in [6.07, 6.45) is 6.53. The van der Waals surface area contributed by atoms with Gasteiger partial charge < -0.3 is 14.8 Å². The van der Waals surface area contributed by atoms with Gasteiger partial charge in [0.25, 0.3) is 0 Å². The zero-order chi connectivity index (χ0) is 23.1. The first-order valence-corrected chi connectivity index (χ1v) is 11.8. The van der Waals surface area contributed by atoms with E-state index in [1.165, 1.54) is 26.2 Å². The predicted octanol–water partition coefficient (Wildman–Crippen LogP) is 4.44. The van der Waals surface area contributed by atoms with Crippen molar-refractivity contribution in [1.82, 2.24) is 5.32 Å². The Labute approximate surface area is 190 Å². The minimum absolute atomic E-state index is 0.0351. The van der Waals surface area contributed by atoms with Crippen LogP contribution in [0, 0.1) is 23.2 Å². The minimum atomic E-state index is -0.422. The summed E-state index contributed by atoms with van der Waals surface area (Å²) in [4.78, 5) is 37.5. The monoisotopic (exact) mass is 441 g/mol. The molecule has 6 nitrogen and oxygen atoms in total. The molecular formula is C26H35NO5. The summed E-state index contributed by atoms with van der Waals surface area (Å²) in [5.41, 5.74) is 0.487. The second-order valence-corrected chi connectivity index (χ2v) is 11.2. The van der Waals surface area contributed by atoms with Crippen LogP contribution in [0.15, 0.2) is 18.2 Å². The molecule has 0 unspecified atom stereocenters. The van der Waals surface area contributed by atoms with Crippen molar-refractivity contribution >= 4 is 17.7 Å². The number of Topliss-reactive ketones (excluding diaryl/α,β-unsaturated/α-hetero) is 1. The molecule has 0 heterocycles. The van der Waals surface area contributed by atoms with E-state index in [-0.39, 0.29) is 35.9 Å². The van der Waals surface area contributed by atoms with Gasteiger partial charge in [-0.25, -0.2) is 0 Å². The van der Waals surface area contributed by atoms with E-state index in [2.05, 4.69) is 5.32 Å². The van der Waals surface area contributed by atoms with Gasteiger partial charge in [-0.3, -0.25) is 14.4 Å². The van der Waals surface area contributed by atoms with Gasteiger partial charge in [0.15, 0.2) is 5.78 Å². The van der Waals surface area contributed by atoms with E-state index in [0.29, 0.717) is 34.6 Å². The molecule has 4 bridgehead atoms. The Morgan fingerprint density at radius 3 is 2.16 bits per heavy atom. The first-order chi connectivity index (χ1) is 15.0. The number of carbonyl (C=O) groups excluding carboxylic acids is 3. The van der Waals surface area contributed by atoms with Crippen LogP contribution < -0.4 is 10.1 Å². The smallest absolute Gasteiger partial charge is 0.317 e. The highest BCUT2D eigenvalue weighted by molar-refractivity contribution is 5.98. The fourth-order valence-electron chi connectivity index (χ4n) is 6.16. The standard InChI is InChI=1S/C26H35NO5/c1-16(28)31-15-21-10-20(22(29)14-27-25(2,3)4)5-6-23(21)32-24(30)26-11-17-7-18(12-26)9-19(8-17)13-26/h5-6,10,17-19,27H,7-9,11-15H2,1-4H3. The fourth-order valence-corrected chi connectivity index (χ4v) is 6.16. The van der Waals surface area contributed by atoms with Gasteiger partial charge in [0, 0.05) is 23.6 Å². The largest absolute Gasteiger partial charge is 0.461 e. The van der Waals surface area contributed by atoms with E-state index >= 15 is 0 Å². The number of benzene rings is 1. The summed E-state index contributed by atoms with van der Waals surface area (Å²) in [7, 11) is 0. The summed E-state index contributed by atoms with van der Waals surface area (Å²) in [5.74, 6) is 1.66. The molecule has 0 radical (unpaired) electrons. The van der Waals surface area contributed by atoms with E-state index < -0.39 is 5.97 Å². The van der Waals surface area contributed by atoms with Gasteiger partial charge in [-0.2, -0.15) is 0 Å². The normalized spacial score (nSPS) is 28.4. The van der Waals surface area contributed by atoms with Crippen LogP contribution in [-0.2, 0) is 20.9 Å². The number of hydrogen-bond donors (Lipinski definition) is 1. The van der Waals surface area contributed by atoms with Crippen LogP contribution in [0.2, 0.25) is 0 Å². The predicted molar refractivity (Wildman–Crippen MR) is 120 cm³/mol. The number of ketones is 1. The summed E-state index contributed by atoms with van der Waals surface area (Å²) in [6.45, 7) is 7.50. The maximum atomic E-state index is 13.4. The van der Waals surface area contributed by atoms with Crippen molar-refractivity contribution in [2.24, 2.45) is 23.2 Å². The summed E-state index contributed by atoms with van der Waals surface area (Å²) in [6, 6.07) is 5.03. The number of esters is 2. The summed E-state index contributed by atoms with van der Waals surface area (Å²) in [5, 5.41) is 3.19. The summed E-state index contributed by atoms with van der Waals surface area (Å²) < 4.78 is 11.1. The van der Waals surface area contributed by atoms with Crippen LogP contribution in [0.5, 0.6) is 5.75 Å². The van der Waals surface area contributed by atoms with E-state index in [0.717, 1.165) is 19.3 Å². The second kappa shape index (κ2) is 8.62. The van der Waals surface area contributed by atoms with Crippen LogP contribution in [0.25, 0.3) is 0 Å². The van der Waals surface area contributed by atoms with Crippen LogP contribution in [-0.4, -0.2) is 29.8 Å². The van der Waals surface area contributed by atoms with Crippen LogP contribution in [0.4, 0.5) is 0 Å². The van der Waals surface area contributed by atoms with Crippen LogP contribution in [0.3, 0.4) is 0 Å². The minimum Gasteiger partial charge on any atom is -0.461 e. The third-order valence-electron chi connectivity index (χ3n) is 7.27. The number of ether oxygens (including phenoxy) is 2. The van der Waals surface area contributed by atoms with Gasteiger partial charge in [-0.05, 0) is 95.2 Å². The molecular weight excluding hydrogens is 406 g/mol. The molecule has 1 aromatic rings. The molecule has 32 heavy (non-hydrogen) atoms. The lowest BCUT2D eigenvalue weighted by atomic mass is 9.49. The van der Waals surface area contributed by atoms with E-state index in [1.54, 1.807) is 18.2 Å². The van der Waals surface area contributed by atoms with Crippen molar-refractivity contribution in [1.29, 1.82) is 0 Å². The molecule has 1 N–H and O–H groups in total. The van der Waals surface area contributed by atoms with Crippen LogP contribution >= 0.6 is 0 Å². The van der Waals surface area contributed by atoms with Gasteiger partial charge in [0.2, 0.25) is 0 Å². The van der Waals surface area contributed by atoms with Crippen molar-refractivity contribution in [3.8, 4) is 5.75 Å². The fraction of sp³-hybridized carbons (Fsp3) is 0.654. The molecule has 0 aromatic heterocycles. The van der Waals surface area contributed by atoms with Gasteiger partial charge in [-0.15, -0.1) is 0 Å². The van der Waals surface area contributed by atoms with Gasteiger partial charge in [0.05, 0.1) is 12.0 Å². The average Bonchev–Trinajstić information content (AvgIpc) is 2.69. The first-order valence-electron chi connectivity index (χ1n) is 11.8. The second-order valence-electron chi connectivity index (χ2n) is 11.2. The third kappa shape index (κ3) is 5.06. The highest BCUT2D eigenvalue weighted by atomic mass is 16.5. The molecule has 0 atom stereocenters. The number of carbonyl (C=O) groups is 3. The molecule has 0 saturated heterocycles. The molecule has 1 aromatic carbocycles. The topological polar surface area (TPSA) is 81.7 Å². The Morgan fingerprint density at radius 1 is 1.03 bits per heavy atom. The number of nitrogens with one attached hydrogen (secondary N) is 1. The van der Waals surface area contributed by atoms with Crippen molar-refractivity contribution in [3.05, 3.63) is 29.3 Å². The SMILES string of the molecule is CC(=O)OCc1cc(C(=O)CNC(C)(C)C)ccc1OC(=O)C12CC3CC(CC(C3)C1)C2. The number of rotatable bonds is 7. The zero-order valence-electron chi connectivity index (χ0n) is 19.7. The van der Waals surface area contributed by atoms with Crippen LogP contribution in [0.1, 0.15) is 82.1 Å². The molecule has 4 aliphatic carbocycles. The third-order valence-corrected chi connectivity index (χ3v) is 7.27. The Hall–Kier alpha value is -2.21. The maximum Gasteiger partial charge on any atom is 0.317 e. The Kier molecular flexibility index (Phi) is 6.19. The highest BCUT2D eigenvalue weighted by Crippen LogP contribution is 2.60. The molecule has 174 valence electrons. The molecule has 0 amide bonds. The Morgan fingerprint density at radius 2 is 1.62 bits per heavy atom. The lowest BCUT2D eigenvalue weighted by molar-refractivity contribution is -0.161. The molecule has 4 aliphatic rings. The molecule has 6 heteroatoms. The van der Waals surface area contributed by atoms with Crippen molar-refractivity contribution < 1.29 is 23.9 Å². The van der Waals surface area contributed by atoms with Gasteiger partial charge in [0.1, 0.15) is 12.4 Å². The Bertz CT molecular complexity index is 878. The molecule has 0 aliphatic heterocycles. The summed E-state index contributed by atoms with van der Waals surface area (Å²) >= 11 is 0. The molecule has 4 fully saturated rings.